The third-order valence-electron chi connectivity index (χ3n) is 4.17. The van der Waals surface area contributed by atoms with E-state index in [9.17, 15) is 0 Å². The second kappa shape index (κ2) is 8.68. The lowest BCUT2D eigenvalue weighted by molar-refractivity contribution is 0.311. The largest absolute Gasteiger partial charge is 0.493 e. The predicted molar refractivity (Wildman–Crippen MR) is 112 cm³/mol. The van der Waals surface area contributed by atoms with Gasteiger partial charge in [-0.25, -0.2) is 4.98 Å². The number of nitrogens with one attached hydrogen (secondary N) is 1. The molecule has 0 spiro atoms. The van der Waals surface area contributed by atoms with Crippen LogP contribution in [-0.4, -0.2) is 24.9 Å². The molecule has 0 aliphatic rings. The highest BCUT2D eigenvalue weighted by atomic mass is 32.1. The van der Waals surface area contributed by atoms with E-state index in [1.165, 1.54) is 22.5 Å². The van der Waals surface area contributed by atoms with Crippen molar-refractivity contribution in [3.63, 3.8) is 0 Å². The van der Waals surface area contributed by atoms with Crippen LogP contribution in [0.5, 0.6) is 11.5 Å². The third kappa shape index (κ3) is 4.65. The van der Waals surface area contributed by atoms with Gasteiger partial charge in [0.25, 0.3) is 0 Å². The Morgan fingerprint density at radius 1 is 1.11 bits per heavy atom. The third-order valence-corrected chi connectivity index (χ3v) is 4.92. The first kappa shape index (κ1) is 18.9. The first-order valence-electron chi connectivity index (χ1n) is 8.73. The molecule has 0 aliphatic heterocycles. The number of hydrazone groups is 1. The van der Waals surface area contributed by atoms with Crippen molar-refractivity contribution in [3.05, 3.63) is 58.5 Å². The summed E-state index contributed by atoms with van der Waals surface area (Å²) in [6, 6.07) is 12.1. The van der Waals surface area contributed by atoms with Crippen molar-refractivity contribution in [3.8, 4) is 22.8 Å². The average Bonchev–Trinajstić information content (AvgIpc) is 3.13. The molecule has 0 saturated carbocycles. The zero-order valence-corrected chi connectivity index (χ0v) is 16.8. The Morgan fingerprint density at radius 2 is 1.96 bits per heavy atom. The quantitative estimate of drug-likeness (QED) is 0.447. The fourth-order valence-corrected chi connectivity index (χ4v) is 3.23. The molecule has 0 bridgehead atoms. The lowest BCUT2D eigenvalue weighted by Gasteiger charge is -2.09. The van der Waals surface area contributed by atoms with Gasteiger partial charge in [0.05, 0.1) is 25.6 Å². The maximum Gasteiger partial charge on any atom is 0.203 e. The average molecular weight is 382 g/mol. The van der Waals surface area contributed by atoms with Crippen molar-refractivity contribution in [2.45, 2.75) is 20.8 Å². The molecule has 2 aromatic carbocycles. The van der Waals surface area contributed by atoms with Gasteiger partial charge in [-0.2, -0.15) is 5.10 Å². The van der Waals surface area contributed by atoms with Crippen LogP contribution in [0, 0.1) is 13.8 Å². The molecular weight excluding hydrogens is 358 g/mol. The summed E-state index contributed by atoms with van der Waals surface area (Å²) in [7, 11) is 1.63. The highest BCUT2D eigenvalue weighted by Crippen LogP contribution is 2.28. The monoisotopic (exact) mass is 381 g/mol. The number of benzene rings is 2. The minimum atomic E-state index is 0.579. The molecule has 0 amide bonds. The molecule has 5 nitrogen and oxygen atoms in total. The maximum atomic E-state index is 5.59. The summed E-state index contributed by atoms with van der Waals surface area (Å²) in [5.41, 5.74) is 8.51. The molecule has 0 atom stereocenters. The van der Waals surface area contributed by atoms with Crippen LogP contribution in [-0.2, 0) is 0 Å². The number of nitrogens with zero attached hydrogens (tertiary/aromatic N) is 2. The van der Waals surface area contributed by atoms with E-state index in [2.05, 4.69) is 47.6 Å². The predicted octanol–water partition coefficient (Wildman–Crippen LogP) is 5.28. The zero-order chi connectivity index (χ0) is 19.2. The summed E-state index contributed by atoms with van der Waals surface area (Å²) in [5, 5.41) is 7.06. The van der Waals surface area contributed by atoms with E-state index in [4.69, 9.17) is 9.47 Å². The standard InChI is InChI=1S/C21H23N3O2S/c1-5-26-20-11-16(7-9-19(20)25-4)12-22-24-21-23-18(13-27-21)17-8-6-14(2)15(3)10-17/h6-13H,5H2,1-4H3,(H,23,24)/b22-12-. The summed E-state index contributed by atoms with van der Waals surface area (Å²) in [4.78, 5) is 4.61. The Bertz CT molecular complexity index is 950. The number of hydrogen-bond acceptors (Lipinski definition) is 6. The summed E-state index contributed by atoms with van der Waals surface area (Å²) in [5.74, 6) is 1.41. The summed E-state index contributed by atoms with van der Waals surface area (Å²) >= 11 is 1.53. The van der Waals surface area contributed by atoms with Crippen molar-refractivity contribution in [1.29, 1.82) is 0 Å². The molecule has 1 N–H and O–H groups in total. The molecule has 1 heterocycles. The van der Waals surface area contributed by atoms with Gasteiger partial charge in [-0.05, 0) is 61.7 Å². The number of rotatable bonds is 7. The van der Waals surface area contributed by atoms with Gasteiger partial charge in [-0.1, -0.05) is 12.1 Å². The number of thiazole rings is 1. The number of ether oxygens (including phenoxy) is 2. The fraction of sp³-hybridized carbons (Fsp3) is 0.238. The van der Waals surface area contributed by atoms with Gasteiger partial charge in [0.15, 0.2) is 11.5 Å². The van der Waals surface area contributed by atoms with Gasteiger partial charge < -0.3 is 9.47 Å². The Kier molecular flexibility index (Phi) is 6.08. The number of aromatic nitrogens is 1. The molecule has 0 unspecified atom stereocenters. The van der Waals surface area contributed by atoms with Crippen LogP contribution in [0.1, 0.15) is 23.6 Å². The van der Waals surface area contributed by atoms with Crippen LogP contribution in [0.2, 0.25) is 0 Å². The maximum absolute atomic E-state index is 5.59. The van der Waals surface area contributed by atoms with Gasteiger partial charge >= 0.3 is 0 Å². The van der Waals surface area contributed by atoms with Gasteiger partial charge in [-0.15, -0.1) is 11.3 Å². The number of anilines is 1. The molecule has 0 fully saturated rings. The van der Waals surface area contributed by atoms with Gasteiger partial charge in [0.1, 0.15) is 0 Å². The number of aryl methyl sites for hydroxylation is 2. The highest BCUT2D eigenvalue weighted by Gasteiger charge is 2.06. The lowest BCUT2D eigenvalue weighted by Crippen LogP contribution is -1.97. The summed E-state index contributed by atoms with van der Waals surface area (Å²) < 4.78 is 10.9. The second-order valence-electron chi connectivity index (χ2n) is 6.05. The normalized spacial score (nSPS) is 11.0. The molecule has 27 heavy (non-hydrogen) atoms. The molecule has 0 aliphatic carbocycles. The molecule has 1 aromatic heterocycles. The van der Waals surface area contributed by atoms with Crippen LogP contribution in [0.15, 0.2) is 46.9 Å². The van der Waals surface area contributed by atoms with E-state index >= 15 is 0 Å². The SMILES string of the molecule is CCOc1cc(/C=N\Nc2nc(-c3ccc(C)c(C)c3)cs2)ccc1OC. The minimum absolute atomic E-state index is 0.579. The molecule has 3 rings (SSSR count). The zero-order valence-electron chi connectivity index (χ0n) is 15.9. The highest BCUT2D eigenvalue weighted by molar-refractivity contribution is 7.14. The molecule has 0 saturated heterocycles. The Morgan fingerprint density at radius 3 is 2.70 bits per heavy atom. The first-order valence-corrected chi connectivity index (χ1v) is 9.61. The topological polar surface area (TPSA) is 55.7 Å². The number of hydrogen-bond donors (Lipinski definition) is 1. The van der Waals surface area contributed by atoms with Crippen LogP contribution >= 0.6 is 11.3 Å². The van der Waals surface area contributed by atoms with E-state index in [0.717, 1.165) is 22.0 Å². The van der Waals surface area contributed by atoms with Crippen molar-refractivity contribution < 1.29 is 9.47 Å². The van der Waals surface area contributed by atoms with Crippen LogP contribution in [0.25, 0.3) is 11.3 Å². The summed E-state index contributed by atoms with van der Waals surface area (Å²) in [6.45, 7) is 6.74. The van der Waals surface area contributed by atoms with Gasteiger partial charge in [-0.3, -0.25) is 5.43 Å². The van der Waals surface area contributed by atoms with Crippen molar-refractivity contribution >= 4 is 22.7 Å². The first-order chi connectivity index (χ1) is 13.1. The fourth-order valence-electron chi connectivity index (χ4n) is 2.56. The molecular formula is C21H23N3O2S. The number of methoxy groups -OCH3 is 1. The van der Waals surface area contributed by atoms with Crippen molar-refractivity contribution in [2.75, 3.05) is 19.1 Å². The van der Waals surface area contributed by atoms with Gasteiger partial charge in [0.2, 0.25) is 5.13 Å². The van der Waals surface area contributed by atoms with Crippen LogP contribution in [0.3, 0.4) is 0 Å². The Balaban J connectivity index is 1.69. The Hall–Kier alpha value is -2.86. The Labute approximate surface area is 163 Å². The van der Waals surface area contributed by atoms with E-state index < -0.39 is 0 Å². The van der Waals surface area contributed by atoms with E-state index in [1.54, 1.807) is 13.3 Å². The lowest BCUT2D eigenvalue weighted by atomic mass is 10.1. The molecule has 0 radical (unpaired) electrons. The minimum Gasteiger partial charge on any atom is -0.493 e. The van der Waals surface area contributed by atoms with Crippen LogP contribution in [0.4, 0.5) is 5.13 Å². The van der Waals surface area contributed by atoms with Gasteiger partial charge in [0, 0.05) is 10.9 Å². The molecule has 6 heteroatoms. The molecule has 140 valence electrons. The second-order valence-corrected chi connectivity index (χ2v) is 6.91. The van der Waals surface area contributed by atoms with Crippen LogP contribution < -0.4 is 14.9 Å². The van der Waals surface area contributed by atoms with Crippen molar-refractivity contribution in [2.24, 2.45) is 5.10 Å². The molecule has 3 aromatic rings. The van der Waals surface area contributed by atoms with E-state index in [-0.39, 0.29) is 0 Å². The van der Waals surface area contributed by atoms with E-state index in [0.29, 0.717) is 18.1 Å². The summed E-state index contributed by atoms with van der Waals surface area (Å²) in [6.07, 6.45) is 1.74. The van der Waals surface area contributed by atoms with E-state index in [1.807, 2.05) is 30.5 Å². The van der Waals surface area contributed by atoms with Crippen molar-refractivity contribution in [1.82, 2.24) is 4.98 Å². The smallest absolute Gasteiger partial charge is 0.203 e.